The summed E-state index contributed by atoms with van der Waals surface area (Å²) in [4.78, 5) is 0.102. The number of nitrogens with two attached hydrogens (primary N) is 1. The number of anilines is 1. The van der Waals surface area contributed by atoms with Crippen molar-refractivity contribution in [3.63, 3.8) is 0 Å². The number of hydrogen-bond donors (Lipinski definition) is 4. The van der Waals surface area contributed by atoms with E-state index in [0.717, 1.165) is 0 Å². The first-order chi connectivity index (χ1) is 8.18. The third-order valence-electron chi connectivity index (χ3n) is 2.47. The molecule has 1 aromatic carbocycles. The Hall–Kier alpha value is -1.15. The fourth-order valence-electron chi connectivity index (χ4n) is 1.36. The Bertz CT molecular complexity index is 526. The van der Waals surface area contributed by atoms with E-state index in [1.807, 2.05) is 0 Å². The molecule has 0 radical (unpaired) electrons. The predicted molar refractivity (Wildman–Crippen MR) is 68.5 cm³/mol. The zero-order chi connectivity index (χ0) is 14.0. The molecular formula is C11H18N2O4S. The monoisotopic (exact) mass is 274 g/mol. The molecule has 7 heteroatoms. The molecule has 0 amide bonds. The summed E-state index contributed by atoms with van der Waals surface area (Å²) in [7, 11) is -3.73. The van der Waals surface area contributed by atoms with E-state index in [4.69, 9.17) is 10.8 Å². The first-order valence-electron chi connectivity index (χ1n) is 5.37. The normalized spacial score (nSPS) is 15.3. The number of rotatable bonds is 5. The lowest BCUT2D eigenvalue weighted by Crippen LogP contribution is -2.43. The molecule has 0 spiro atoms. The average Bonchev–Trinajstić information content (AvgIpc) is 2.26. The third-order valence-corrected chi connectivity index (χ3v) is 4.03. The molecule has 18 heavy (non-hydrogen) atoms. The number of hydrogen-bond acceptors (Lipinski definition) is 5. The quantitative estimate of drug-likeness (QED) is 0.546. The number of sulfonamides is 1. The second kappa shape index (κ2) is 5.23. The number of aliphatic hydroxyl groups excluding tert-OH is 1. The van der Waals surface area contributed by atoms with Crippen LogP contribution in [0.4, 0.5) is 5.69 Å². The van der Waals surface area contributed by atoms with Crippen molar-refractivity contribution in [1.82, 2.24) is 4.72 Å². The van der Waals surface area contributed by atoms with Crippen molar-refractivity contribution < 1.29 is 18.6 Å². The van der Waals surface area contributed by atoms with Gasteiger partial charge in [-0.1, -0.05) is 0 Å². The van der Waals surface area contributed by atoms with Crippen LogP contribution in [0.1, 0.15) is 12.5 Å². The standard InChI is InChI=1S/C11H18N2O4S/c1-8-5-9(12)3-4-10(8)18(16,17)13-6-11(2,15)7-14/h3-5,13-15H,6-7,12H2,1-2H3. The van der Waals surface area contributed by atoms with Gasteiger partial charge >= 0.3 is 0 Å². The molecule has 5 N–H and O–H groups in total. The van der Waals surface area contributed by atoms with Crippen molar-refractivity contribution in [2.75, 3.05) is 18.9 Å². The van der Waals surface area contributed by atoms with Crippen molar-refractivity contribution in [2.45, 2.75) is 24.3 Å². The molecule has 0 bridgehead atoms. The van der Waals surface area contributed by atoms with Crippen molar-refractivity contribution in [1.29, 1.82) is 0 Å². The molecule has 0 aromatic heterocycles. The molecule has 0 aliphatic rings. The maximum Gasteiger partial charge on any atom is 0.240 e. The van der Waals surface area contributed by atoms with E-state index in [-0.39, 0.29) is 11.4 Å². The Morgan fingerprint density at radius 3 is 2.56 bits per heavy atom. The first-order valence-corrected chi connectivity index (χ1v) is 6.85. The molecule has 1 unspecified atom stereocenters. The third kappa shape index (κ3) is 3.67. The van der Waals surface area contributed by atoms with Crippen molar-refractivity contribution in [2.24, 2.45) is 0 Å². The van der Waals surface area contributed by atoms with Gasteiger partial charge in [0.25, 0.3) is 0 Å². The maximum absolute atomic E-state index is 12.0. The Morgan fingerprint density at radius 2 is 2.06 bits per heavy atom. The lowest BCUT2D eigenvalue weighted by Gasteiger charge is -2.21. The van der Waals surface area contributed by atoms with Gasteiger partial charge in [-0.05, 0) is 37.6 Å². The van der Waals surface area contributed by atoms with Crippen molar-refractivity contribution in [3.05, 3.63) is 23.8 Å². The van der Waals surface area contributed by atoms with Crippen LogP contribution in [-0.2, 0) is 10.0 Å². The molecule has 0 aliphatic carbocycles. The lowest BCUT2D eigenvalue weighted by atomic mass is 10.1. The minimum absolute atomic E-state index is 0.102. The molecule has 1 atom stereocenters. The minimum atomic E-state index is -3.73. The van der Waals surface area contributed by atoms with E-state index in [1.54, 1.807) is 13.0 Å². The summed E-state index contributed by atoms with van der Waals surface area (Å²) in [6.07, 6.45) is 0. The van der Waals surface area contributed by atoms with Gasteiger partial charge in [-0.2, -0.15) is 0 Å². The highest BCUT2D eigenvalue weighted by Crippen LogP contribution is 2.18. The van der Waals surface area contributed by atoms with E-state index in [2.05, 4.69) is 4.72 Å². The van der Waals surface area contributed by atoms with Crippen LogP contribution < -0.4 is 10.5 Å². The van der Waals surface area contributed by atoms with Crippen molar-refractivity contribution in [3.8, 4) is 0 Å². The van der Waals surface area contributed by atoms with Gasteiger partial charge in [0.05, 0.1) is 17.1 Å². The second-order valence-electron chi connectivity index (χ2n) is 4.50. The van der Waals surface area contributed by atoms with E-state index >= 15 is 0 Å². The van der Waals surface area contributed by atoms with Gasteiger partial charge in [-0.25, -0.2) is 13.1 Å². The van der Waals surface area contributed by atoms with Crippen LogP contribution in [0.5, 0.6) is 0 Å². The van der Waals surface area contributed by atoms with Crippen LogP contribution in [0.3, 0.4) is 0 Å². The number of nitrogen functional groups attached to an aromatic ring is 1. The van der Waals surface area contributed by atoms with E-state index in [1.165, 1.54) is 19.1 Å². The summed E-state index contributed by atoms with van der Waals surface area (Å²) in [5, 5.41) is 18.4. The molecule has 1 rings (SSSR count). The molecule has 0 saturated heterocycles. The highest BCUT2D eigenvalue weighted by atomic mass is 32.2. The first kappa shape index (κ1) is 14.9. The summed E-state index contributed by atoms with van der Waals surface area (Å²) < 4.78 is 26.2. The predicted octanol–water partition coefficient (Wildman–Crippen LogP) is -0.401. The van der Waals surface area contributed by atoms with Crippen molar-refractivity contribution >= 4 is 15.7 Å². The summed E-state index contributed by atoms with van der Waals surface area (Å²) in [6, 6.07) is 4.45. The summed E-state index contributed by atoms with van der Waals surface area (Å²) in [5.41, 5.74) is 5.06. The van der Waals surface area contributed by atoms with Crippen LogP contribution in [0.25, 0.3) is 0 Å². The Kier molecular flexibility index (Phi) is 4.33. The zero-order valence-corrected chi connectivity index (χ0v) is 11.2. The van der Waals surface area contributed by atoms with Gasteiger partial charge in [0.1, 0.15) is 0 Å². The maximum atomic E-state index is 12.0. The van der Waals surface area contributed by atoms with Gasteiger partial charge in [0.15, 0.2) is 0 Å². The summed E-state index contributed by atoms with van der Waals surface area (Å²) in [6.45, 7) is 2.17. The number of aryl methyl sites for hydroxylation is 1. The number of nitrogens with one attached hydrogen (secondary N) is 1. The summed E-state index contributed by atoms with van der Waals surface area (Å²) in [5.74, 6) is 0. The minimum Gasteiger partial charge on any atom is -0.399 e. The molecule has 0 fully saturated rings. The van der Waals surface area contributed by atoms with Crippen LogP contribution in [-0.4, -0.2) is 37.4 Å². The number of aliphatic hydroxyl groups is 2. The van der Waals surface area contributed by atoms with Crippen LogP contribution in [0.15, 0.2) is 23.1 Å². The van der Waals surface area contributed by atoms with Gasteiger partial charge in [-0.3, -0.25) is 0 Å². The lowest BCUT2D eigenvalue weighted by molar-refractivity contribution is 0.00681. The largest absolute Gasteiger partial charge is 0.399 e. The smallest absolute Gasteiger partial charge is 0.240 e. The van der Waals surface area contributed by atoms with Gasteiger partial charge in [-0.15, -0.1) is 0 Å². The molecule has 1 aromatic rings. The molecule has 0 aliphatic heterocycles. The molecule has 102 valence electrons. The topological polar surface area (TPSA) is 113 Å². The fraction of sp³-hybridized carbons (Fsp3) is 0.455. The SMILES string of the molecule is Cc1cc(N)ccc1S(=O)(=O)NCC(C)(O)CO. The van der Waals surface area contributed by atoms with E-state index < -0.39 is 22.2 Å². The van der Waals surface area contributed by atoms with Gasteiger partial charge in [0, 0.05) is 12.2 Å². The summed E-state index contributed by atoms with van der Waals surface area (Å²) >= 11 is 0. The van der Waals surface area contributed by atoms with Gasteiger partial charge in [0.2, 0.25) is 10.0 Å². The highest BCUT2D eigenvalue weighted by Gasteiger charge is 2.24. The molecule has 0 heterocycles. The van der Waals surface area contributed by atoms with Crippen LogP contribution in [0.2, 0.25) is 0 Å². The Labute approximate surface area is 106 Å². The van der Waals surface area contributed by atoms with Crippen LogP contribution >= 0.6 is 0 Å². The Balaban J connectivity index is 2.94. The van der Waals surface area contributed by atoms with Gasteiger partial charge < -0.3 is 15.9 Å². The molecule has 6 nitrogen and oxygen atoms in total. The second-order valence-corrected chi connectivity index (χ2v) is 6.24. The van der Waals surface area contributed by atoms with E-state index in [0.29, 0.717) is 11.3 Å². The average molecular weight is 274 g/mol. The molecular weight excluding hydrogens is 256 g/mol. The zero-order valence-electron chi connectivity index (χ0n) is 10.3. The fourth-order valence-corrected chi connectivity index (χ4v) is 2.74. The molecule has 0 saturated carbocycles. The highest BCUT2D eigenvalue weighted by molar-refractivity contribution is 7.89. The van der Waals surface area contributed by atoms with Crippen LogP contribution in [0, 0.1) is 6.92 Å². The number of benzene rings is 1. The van der Waals surface area contributed by atoms with E-state index in [9.17, 15) is 13.5 Å². The Morgan fingerprint density at radius 1 is 1.44 bits per heavy atom.